The molecule has 0 spiro atoms. The highest BCUT2D eigenvalue weighted by atomic mass is 16.3. The minimum atomic E-state index is -0.881. The van der Waals surface area contributed by atoms with Crippen LogP contribution in [0.5, 0.6) is 0 Å². The van der Waals surface area contributed by atoms with Crippen LogP contribution < -0.4 is 0 Å². The highest BCUT2D eigenvalue weighted by Gasteiger charge is 2.19. The van der Waals surface area contributed by atoms with Crippen molar-refractivity contribution in [1.29, 1.82) is 0 Å². The molecule has 0 amide bonds. The molecule has 10 heavy (non-hydrogen) atoms. The summed E-state index contributed by atoms with van der Waals surface area (Å²) >= 11 is 0. The Balaban J connectivity index is 2.78. The maximum atomic E-state index is 10.6. The van der Waals surface area contributed by atoms with Gasteiger partial charge in [-0.3, -0.25) is 4.79 Å². The lowest BCUT2D eigenvalue weighted by Crippen LogP contribution is -2.24. The van der Waals surface area contributed by atoms with E-state index < -0.39 is 5.60 Å². The smallest absolute Gasteiger partial charge is 0.178 e. The van der Waals surface area contributed by atoms with Crippen LogP contribution in [0.15, 0.2) is 24.3 Å². The van der Waals surface area contributed by atoms with E-state index >= 15 is 0 Å². The van der Waals surface area contributed by atoms with Crippen LogP contribution in [0.4, 0.5) is 0 Å². The van der Waals surface area contributed by atoms with E-state index in [1.54, 1.807) is 0 Å². The Morgan fingerprint density at radius 3 is 2.40 bits per heavy atom. The summed E-state index contributed by atoms with van der Waals surface area (Å²) in [5, 5.41) is 9.47. The van der Waals surface area contributed by atoms with Gasteiger partial charge in [-0.1, -0.05) is 6.92 Å². The third kappa shape index (κ3) is 1.33. The van der Waals surface area contributed by atoms with Crippen molar-refractivity contribution in [2.24, 2.45) is 0 Å². The van der Waals surface area contributed by atoms with Crippen LogP contribution in [0.2, 0.25) is 0 Å². The molecule has 0 bridgehead atoms. The summed E-state index contributed by atoms with van der Waals surface area (Å²) in [4.78, 5) is 10.6. The van der Waals surface area contributed by atoms with Gasteiger partial charge in [0.25, 0.3) is 0 Å². The summed E-state index contributed by atoms with van der Waals surface area (Å²) in [5.41, 5.74) is -0.881. The molecule has 0 saturated heterocycles. The zero-order valence-electron chi connectivity index (χ0n) is 5.87. The number of aliphatic hydroxyl groups is 1. The molecule has 0 aromatic rings. The highest BCUT2D eigenvalue weighted by Crippen LogP contribution is 2.16. The maximum Gasteiger partial charge on any atom is 0.178 e. The standard InChI is InChI=1S/C8H10O2/c1-2-8(10)5-3-7(9)4-6-8/h3-6,10H,2H2,1H3. The van der Waals surface area contributed by atoms with Crippen LogP contribution in [0, 0.1) is 0 Å². The average Bonchev–Trinajstić information content (AvgIpc) is 1.96. The largest absolute Gasteiger partial charge is 0.382 e. The molecule has 1 rings (SSSR count). The molecule has 1 aliphatic carbocycles. The first-order chi connectivity index (χ1) is 4.66. The van der Waals surface area contributed by atoms with Crippen molar-refractivity contribution in [3.8, 4) is 0 Å². The van der Waals surface area contributed by atoms with E-state index in [2.05, 4.69) is 0 Å². The lowest BCUT2D eigenvalue weighted by atomic mass is 9.95. The molecule has 0 aromatic carbocycles. The van der Waals surface area contributed by atoms with Crippen LogP contribution in [-0.2, 0) is 4.79 Å². The second-order valence-corrected chi connectivity index (χ2v) is 2.41. The fourth-order valence-electron chi connectivity index (χ4n) is 0.800. The maximum absolute atomic E-state index is 10.6. The molecule has 0 radical (unpaired) electrons. The molecular weight excluding hydrogens is 128 g/mol. The van der Waals surface area contributed by atoms with Gasteiger partial charge in [0.05, 0.1) is 0 Å². The van der Waals surface area contributed by atoms with Gasteiger partial charge >= 0.3 is 0 Å². The van der Waals surface area contributed by atoms with Crippen LogP contribution in [0.25, 0.3) is 0 Å². The van der Waals surface area contributed by atoms with Crippen molar-refractivity contribution in [2.75, 3.05) is 0 Å². The SMILES string of the molecule is CCC1(O)C=CC(=O)C=C1. The van der Waals surface area contributed by atoms with E-state index in [-0.39, 0.29) is 5.78 Å². The van der Waals surface area contributed by atoms with E-state index in [0.29, 0.717) is 6.42 Å². The second-order valence-electron chi connectivity index (χ2n) is 2.41. The molecule has 0 aromatic heterocycles. The Labute approximate surface area is 59.9 Å². The first-order valence-corrected chi connectivity index (χ1v) is 3.31. The highest BCUT2D eigenvalue weighted by molar-refractivity contribution is 6.00. The van der Waals surface area contributed by atoms with Crippen molar-refractivity contribution in [2.45, 2.75) is 18.9 Å². The summed E-state index contributed by atoms with van der Waals surface area (Å²) < 4.78 is 0. The Kier molecular flexibility index (Phi) is 1.72. The van der Waals surface area contributed by atoms with Crippen molar-refractivity contribution >= 4 is 5.78 Å². The molecule has 0 unspecified atom stereocenters. The molecule has 0 fully saturated rings. The van der Waals surface area contributed by atoms with Crippen molar-refractivity contribution in [3.63, 3.8) is 0 Å². The number of hydrogen-bond donors (Lipinski definition) is 1. The van der Waals surface area contributed by atoms with Gasteiger partial charge in [-0.2, -0.15) is 0 Å². The van der Waals surface area contributed by atoms with Crippen molar-refractivity contribution in [1.82, 2.24) is 0 Å². The number of carbonyl (C=O) groups is 1. The molecule has 0 atom stereocenters. The first-order valence-electron chi connectivity index (χ1n) is 3.31. The van der Waals surface area contributed by atoms with E-state index in [0.717, 1.165) is 0 Å². The minimum absolute atomic E-state index is 0.0573. The number of hydrogen-bond acceptors (Lipinski definition) is 2. The molecule has 0 saturated carbocycles. The Bertz CT molecular complexity index is 185. The van der Waals surface area contributed by atoms with Gasteiger partial charge in [0, 0.05) is 0 Å². The second kappa shape index (κ2) is 2.39. The molecule has 0 heterocycles. The number of carbonyl (C=O) groups excluding carboxylic acids is 1. The van der Waals surface area contributed by atoms with Gasteiger partial charge in [0.2, 0.25) is 0 Å². The van der Waals surface area contributed by atoms with Crippen molar-refractivity contribution < 1.29 is 9.90 Å². The molecule has 2 heteroatoms. The van der Waals surface area contributed by atoms with Gasteiger partial charge in [-0.25, -0.2) is 0 Å². The van der Waals surface area contributed by atoms with Gasteiger partial charge in [-0.05, 0) is 30.7 Å². The van der Waals surface area contributed by atoms with Gasteiger partial charge < -0.3 is 5.11 Å². The van der Waals surface area contributed by atoms with E-state index in [9.17, 15) is 9.90 Å². The zero-order chi connectivity index (χ0) is 7.61. The monoisotopic (exact) mass is 138 g/mol. The van der Waals surface area contributed by atoms with Gasteiger partial charge in [-0.15, -0.1) is 0 Å². The van der Waals surface area contributed by atoms with Crippen LogP contribution in [0.3, 0.4) is 0 Å². The van der Waals surface area contributed by atoms with Gasteiger partial charge in [0.1, 0.15) is 5.60 Å². The Hall–Kier alpha value is -0.890. The topological polar surface area (TPSA) is 37.3 Å². The predicted octanol–water partition coefficient (Wildman–Crippen LogP) is 0.823. The summed E-state index contributed by atoms with van der Waals surface area (Å²) in [7, 11) is 0. The zero-order valence-corrected chi connectivity index (χ0v) is 5.87. The predicted molar refractivity (Wildman–Crippen MR) is 38.5 cm³/mol. The quantitative estimate of drug-likeness (QED) is 0.582. The molecule has 2 nitrogen and oxygen atoms in total. The Morgan fingerprint density at radius 2 is 2.00 bits per heavy atom. The lowest BCUT2D eigenvalue weighted by molar-refractivity contribution is -0.110. The third-order valence-corrected chi connectivity index (χ3v) is 1.64. The summed E-state index contributed by atoms with van der Waals surface area (Å²) in [6, 6.07) is 0. The van der Waals surface area contributed by atoms with Crippen LogP contribution in [-0.4, -0.2) is 16.5 Å². The van der Waals surface area contributed by atoms with Crippen LogP contribution >= 0.6 is 0 Å². The first kappa shape index (κ1) is 7.22. The summed E-state index contributed by atoms with van der Waals surface area (Å²) in [5.74, 6) is -0.0573. The van der Waals surface area contributed by atoms with Crippen LogP contribution in [0.1, 0.15) is 13.3 Å². The van der Waals surface area contributed by atoms with Gasteiger partial charge in [0.15, 0.2) is 5.78 Å². The lowest BCUT2D eigenvalue weighted by Gasteiger charge is -2.19. The normalized spacial score (nSPS) is 21.6. The fourth-order valence-corrected chi connectivity index (χ4v) is 0.800. The minimum Gasteiger partial charge on any atom is -0.382 e. The third-order valence-electron chi connectivity index (χ3n) is 1.64. The fraction of sp³-hybridized carbons (Fsp3) is 0.375. The average molecular weight is 138 g/mol. The van der Waals surface area contributed by atoms with E-state index in [1.165, 1.54) is 24.3 Å². The molecule has 1 N–H and O–H groups in total. The molecule has 1 aliphatic rings. The Morgan fingerprint density at radius 1 is 1.50 bits per heavy atom. The number of allylic oxidation sites excluding steroid dienone is 2. The summed E-state index contributed by atoms with van der Waals surface area (Å²) in [6.45, 7) is 1.87. The van der Waals surface area contributed by atoms with Crippen molar-refractivity contribution in [3.05, 3.63) is 24.3 Å². The van der Waals surface area contributed by atoms with E-state index in [1.807, 2.05) is 6.92 Å². The summed E-state index contributed by atoms with van der Waals surface area (Å²) in [6.07, 6.45) is 6.44. The number of ketones is 1. The molecule has 0 aliphatic heterocycles. The molecule has 54 valence electrons. The number of rotatable bonds is 1. The van der Waals surface area contributed by atoms with E-state index in [4.69, 9.17) is 0 Å². The molecular formula is C8H10O2.